The molecule has 0 spiro atoms. The molecule has 1 aliphatic rings. The lowest BCUT2D eigenvalue weighted by molar-refractivity contribution is -0.140. The van der Waals surface area contributed by atoms with Gasteiger partial charge in [0.15, 0.2) is 5.69 Å². The minimum absolute atomic E-state index is 0.148. The molecule has 3 N–H and O–H groups in total. The summed E-state index contributed by atoms with van der Waals surface area (Å²) < 4.78 is 45.9. The summed E-state index contributed by atoms with van der Waals surface area (Å²) in [5.41, 5.74) is 5.41. The van der Waals surface area contributed by atoms with E-state index in [-0.39, 0.29) is 17.9 Å². The predicted octanol–water partition coefficient (Wildman–Crippen LogP) is 1.00. The summed E-state index contributed by atoms with van der Waals surface area (Å²) in [6, 6.07) is 4.61. The Kier molecular flexibility index (Phi) is 5.11. The molecule has 2 unspecified atom stereocenters. The maximum atomic E-state index is 13.1. The monoisotopic (exact) mass is 371 g/mol. The predicted molar refractivity (Wildman–Crippen MR) is 95.4 cm³/mol. The number of aliphatic hydroxyl groups excluding tert-OH is 1. The number of hydrogen-bond donors (Lipinski definition) is 2. The number of ether oxygens (including phenoxy) is 1. The quantitative estimate of drug-likeness (QED) is 0.770. The number of hydrogen-bond acceptors (Lipinski definition) is 4. The van der Waals surface area contributed by atoms with Crippen molar-refractivity contribution in [2.75, 3.05) is 0 Å². The number of nitrogens with zero attached hydrogens (tertiary/aromatic N) is 2. The van der Waals surface area contributed by atoms with Crippen molar-refractivity contribution < 1.29 is 23.0 Å². The highest BCUT2D eigenvalue weighted by molar-refractivity contribution is 6.56. The van der Waals surface area contributed by atoms with Gasteiger partial charge in [0.25, 0.3) is 0 Å². The van der Waals surface area contributed by atoms with E-state index in [0.29, 0.717) is 30.4 Å². The van der Waals surface area contributed by atoms with E-state index < -0.39 is 29.3 Å². The van der Waals surface area contributed by atoms with E-state index in [9.17, 15) is 18.3 Å². The molecule has 136 valence electrons. The molecular weight excluding hydrogens is 356 g/mol. The average molecular weight is 371 g/mol. The standard InChI is InChI=1S/C16H15B3F3N3O2/c17-16(18,19)25-7-13(15(20,21)22)24-14(25)8-1-2-9(6-23)12(5-8)27-11-4-3-10(11)26/h1-2,5,7,10-11,26H,3-4,6,23H2. The highest BCUT2D eigenvalue weighted by atomic mass is 19.4. The maximum Gasteiger partial charge on any atom is 0.434 e. The first-order valence-corrected chi connectivity index (χ1v) is 8.22. The Labute approximate surface area is 158 Å². The molecule has 3 rings (SSSR count). The Hall–Kier alpha value is -1.87. The van der Waals surface area contributed by atoms with Crippen molar-refractivity contribution in [3.63, 3.8) is 0 Å². The van der Waals surface area contributed by atoms with Gasteiger partial charge in [0.05, 0.1) is 29.6 Å². The van der Waals surface area contributed by atoms with Gasteiger partial charge in [-0.3, -0.25) is 0 Å². The van der Waals surface area contributed by atoms with Crippen LogP contribution in [0, 0.1) is 0 Å². The number of imidazole rings is 1. The number of halogens is 3. The van der Waals surface area contributed by atoms with Crippen LogP contribution in [0.4, 0.5) is 13.2 Å². The summed E-state index contributed by atoms with van der Waals surface area (Å²) >= 11 is 0. The smallest absolute Gasteiger partial charge is 0.434 e. The lowest BCUT2D eigenvalue weighted by atomic mass is 9.49. The van der Waals surface area contributed by atoms with Crippen LogP contribution in [0.15, 0.2) is 24.4 Å². The number of nitrogens with two attached hydrogens (primary N) is 1. The second kappa shape index (κ2) is 6.94. The summed E-state index contributed by atoms with van der Waals surface area (Å²) in [4.78, 5) is 3.60. The SMILES string of the molecule is [B]C([B])([B])n1cc(C(F)(F)F)nc1-c1ccc(CN)c(OC2CCC2O)c1. The molecule has 1 saturated carbocycles. The number of aliphatic hydroxyl groups is 1. The van der Waals surface area contributed by atoms with E-state index in [1.165, 1.54) is 12.1 Å². The first-order valence-electron chi connectivity index (χ1n) is 8.22. The van der Waals surface area contributed by atoms with Crippen LogP contribution in [0.25, 0.3) is 11.4 Å². The zero-order valence-corrected chi connectivity index (χ0v) is 14.3. The van der Waals surface area contributed by atoms with Gasteiger partial charge in [-0.1, -0.05) is 17.4 Å². The van der Waals surface area contributed by atoms with Crippen molar-refractivity contribution in [2.24, 2.45) is 5.73 Å². The summed E-state index contributed by atoms with van der Waals surface area (Å²) in [5, 5.41) is 7.62. The summed E-state index contributed by atoms with van der Waals surface area (Å²) in [6.45, 7) is 0.148. The largest absolute Gasteiger partial charge is 0.487 e. The topological polar surface area (TPSA) is 73.3 Å². The molecule has 1 heterocycles. The zero-order valence-electron chi connectivity index (χ0n) is 14.3. The second-order valence-electron chi connectivity index (χ2n) is 6.53. The van der Waals surface area contributed by atoms with E-state index in [4.69, 9.17) is 34.0 Å². The Morgan fingerprint density at radius 1 is 1.26 bits per heavy atom. The average Bonchev–Trinajstić information content (AvgIpc) is 3.04. The van der Waals surface area contributed by atoms with Crippen LogP contribution in [-0.4, -0.2) is 50.4 Å². The fourth-order valence-corrected chi connectivity index (χ4v) is 2.74. The van der Waals surface area contributed by atoms with E-state index >= 15 is 0 Å². The Balaban J connectivity index is 2.06. The summed E-state index contributed by atoms with van der Waals surface area (Å²) in [6.07, 6.45) is -3.74. The van der Waals surface area contributed by atoms with Crippen LogP contribution >= 0.6 is 0 Å². The van der Waals surface area contributed by atoms with Gasteiger partial charge in [-0.2, -0.15) is 13.2 Å². The van der Waals surface area contributed by atoms with Crippen LogP contribution in [0.5, 0.6) is 5.75 Å². The third-order valence-corrected chi connectivity index (χ3v) is 4.41. The van der Waals surface area contributed by atoms with Crippen molar-refractivity contribution in [3.05, 3.63) is 35.7 Å². The van der Waals surface area contributed by atoms with Gasteiger partial charge in [0.2, 0.25) is 0 Å². The van der Waals surface area contributed by atoms with Gasteiger partial charge in [-0.15, -0.1) is 0 Å². The fourth-order valence-electron chi connectivity index (χ4n) is 2.74. The van der Waals surface area contributed by atoms with Crippen LogP contribution in [0.2, 0.25) is 0 Å². The minimum atomic E-state index is -4.70. The van der Waals surface area contributed by atoms with Gasteiger partial charge in [0.1, 0.15) is 17.7 Å². The molecule has 1 fully saturated rings. The molecule has 0 bridgehead atoms. The van der Waals surface area contributed by atoms with Crippen LogP contribution in [-0.2, 0) is 18.0 Å². The lowest BCUT2D eigenvalue weighted by Crippen LogP contribution is -2.41. The number of benzene rings is 1. The molecule has 2 atom stereocenters. The van der Waals surface area contributed by atoms with Gasteiger partial charge < -0.3 is 20.1 Å². The minimum Gasteiger partial charge on any atom is -0.487 e. The summed E-state index contributed by atoms with van der Waals surface area (Å²) in [5.74, 6) is 0.177. The molecule has 1 aromatic heterocycles. The van der Waals surface area contributed by atoms with Gasteiger partial charge in [-0.25, -0.2) is 4.98 Å². The van der Waals surface area contributed by atoms with Crippen molar-refractivity contribution in [1.29, 1.82) is 0 Å². The van der Waals surface area contributed by atoms with Crippen molar-refractivity contribution in [3.8, 4) is 17.1 Å². The van der Waals surface area contributed by atoms with Gasteiger partial charge >= 0.3 is 6.18 Å². The van der Waals surface area contributed by atoms with E-state index in [1.807, 2.05) is 0 Å². The Bertz CT molecular complexity index is 837. The van der Waals surface area contributed by atoms with E-state index in [0.717, 1.165) is 4.57 Å². The van der Waals surface area contributed by atoms with Crippen LogP contribution < -0.4 is 10.5 Å². The molecule has 2 aromatic rings. The third kappa shape index (κ3) is 4.03. The highest BCUT2D eigenvalue weighted by Gasteiger charge is 2.36. The van der Waals surface area contributed by atoms with E-state index in [2.05, 4.69) is 4.98 Å². The van der Waals surface area contributed by atoms with Crippen molar-refractivity contribution >= 4 is 23.5 Å². The van der Waals surface area contributed by atoms with Gasteiger partial charge in [0, 0.05) is 23.9 Å². The normalized spacial score (nSPS) is 20.3. The molecule has 27 heavy (non-hydrogen) atoms. The molecule has 0 aliphatic heterocycles. The molecule has 0 amide bonds. The molecule has 1 aliphatic carbocycles. The maximum absolute atomic E-state index is 13.1. The van der Waals surface area contributed by atoms with Gasteiger partial charge in [-0.05, 0) is 18.9 Å². The molecule has 0 saturated heterocycles. The third-order valence-electron chi connectivity index (χ3n) is 4.41. The molecular formula is C16H15B3F3N3O2. The van der Waals surface area contributed by atoms with Crippen LogP contribution in [0.1, 0.15) is 24.1 Å². The molecule has 11 heteroatoms. The second-order valence-corrected chi connectivity index (χ2v) is 6.53. The number of alkyl halides is 3. The fraction of sp³-hybridized carbons (Fsp3) is 0.438. The molecule has 1 aromatic carbocycles. The van der Waals surface area contributed by atoms with Crippen molar-refractivity contribution in [1.82, 2.24) is 9.55 Å². The highest BCUT2D eigenvalue weighted by Crippen LogP contribution is 2.35. The molecule has 5 nitrogen and oxygen atoms in total. The Morgan fingerprint density at radius 3 is 2.44 bits per heavy atom. The lowest BCUT2D eigenvalue weighted by Gasteiger charge is -2.33. The zero-order chi connectivity index (χ0) is 20.0. The van der Waals surface area contributed by atoms with Crippen molar-refractivity contribution in [2.45, 2.75) is 43.0 Å². The summed E-state index contributed by atoms with van der Waals surface area (Å²) in [7, 11) is 16.8. The van der Waals surface area contributed by atoms with Crippen LogP contribution in [0.3, 0.4) is 0 Å². The number of aromatic nitrogens is 2. The first kappa shape index (κ1) is 19.9. The first-order chi connectivity index (χ1) is 12.5. The van der Waals surface area contributed by atoms with E-state index in [1.54, 1.807) is 6.07 Å². The molecule has 6 radical (unpaired) electrons. The Morgan fingerprint density at radius 2 is 1.96 bits per heavy atom. The number of rotatable bonds is 5.